The van der Waals surface area contributed by atoms with Crippen molar-refractivity contribution in [3.8, 4) is 0 Å². The van der Waals surface area contributed by atoms with Crippen LogP contribution < -0.4 is 10.6 Å². The van der Waals surface area contributed by atoms with E-state index in [1.54, 1.807) is 12.3 Å². The molecule has 2 amide bonds. The van der Waals surface area contributed by atoms with E-state index in [1.165, 1.54) is 0 Å². The van der Waals surface area contributed by atoms with Gasteiger partial charge >= 0.3 is 0 Å². The molecule has 2 N–H and O–H groups in total. The van der Waals surface area contributed by atoms with Gasteiger partial charge in [-0.1, -0.05) is 42.5 Å². The third kappa shape index (κ3) is 7.03. The molecule has 0 bridgehead atoms. The fraction of sp³-hybridized carbons (Fsp3) is 0.269. The molecular formula is C26H29N3O3. The smallest absolute Gasteiger partial charge is 0.252 e. The SMILES string of the molecule is Cc1ccc(C(=O)N[C@@H](COCc2ccccc2)C(=O)NCCc2ccccn2)cc1C. The van der Waals surface area contributed by atoms with Crippen LogP contribution in [0.15, 0.2) is 72.9 Å². The number of rotatable bonds is 10. The standard InChI is InChI=1S/C26H29N3O3/c1-19-11-12-22(16-20(19)2)25(30)29-24(18-32-17-21-8-4-3-5-9-21)26(31)28-15-13-23-10-6-7-14-27-23/h3-12,14,16,24H,13,15,17-18H2,1-2H3,(H,28,31)(H,29,30)/t24-/m0/s1. The zero-order valence-electron chi connectivity index (χ0n) is 18.5. The van der Waals surface area contributed by atoms with Gasteiger partial charge in [0.05, 0.1) is 13.2 Å². The number of hydrogen-bond donors (Lipinski definition) is 2. The first kappa shape index (κ1) is 23.2. The summed E-state index contributed by atoms with van der Waals surface area (Å²) >= 11 is 0. The Balaban J connectivity index is 1.61. The fourth-order valence-electron chi connectivity index (χ4n) is 3.16. The van der Waals surface area contributed by atoms with Crippen LogP contribution in [-0.2, 0) is 22.6 Å². The summed E-state index contributed by atoms with van der Waals surface area (Å²) in [5.74, 6) is -0.590. The molecule has 1 heterocycles. The second kappa shape index (κ2) is 11.8. The third-order valence-corrected chi connectivity index (χ3v) is 5.19. The minimum absolute atomic E-state index is 0.0703. The molecule has 0 saturated heterocycles. The lowest BCUT2D eigenvalue weighted by atomic mass is 10.1. The van der Waals surface area contributed by atoms with Gasteiger partial charge in [0, 0.05) is 30.4 Å². The number of nitrogens with one attached hydrogen (secondary N) is 2. The van der Waals surface area contributed by atoms with Gasteiger partial charge < -0.3 is 15.4 Å². The number of carbonyl (C=O) groups excluding carboxylic acids is 2. The van der Waals surface area contributed by atoms with Crippen LogP contribution >= 0.6 is 0 Å². The predicted octanol–water partition coefficient (Wildman–Crippen LogP) is 3.37. The first-order valence-corrected chi connectivity index (χ1v) is 10.7. The lowest BCUT2D eigenvalue weighted by molar-refractivity contribution is -0.124. The van der Waals surface area contributed by atoms with Crippen LogP contribution in [0.25, 0.3) is 0 Å². The van der Waals surface area contributed by atoms with Crippen LogP contribution in [0.5, 0.6) is 0 Å². The highest BCUT2D eigenvalue weighted by Gasteiger charge is 2.22. The highest BCUT2D eigenvalue weighted by atomic mass is 16.5. The van der Waals surface area contributed by atoms with Crippen molar-refractivity contribution in [1.82, 2.24) is 15.6 Å². The summed E-state index contributed by atoms with van der Waals surface area (Å²) in [7, 11) is 0. The highest BCUT2D eigenvalue weighted by Crippen LogP contribution is 2.10. The number of ether oxygens (including phenoxy) is 1. The van der Waals surface area contributed by atoms with Crippen molar-refractivity contribution in [1.29, 1.82) is 0 Å². The van der Waals surface area contributed by atoms with Crippen molar-refractivity contribution in [2.75, 3.05) is 13.2 Å². The summed E-state index contributed by atoms with van der Waals surface area (Å²) in [6, 6.07) is 20.1. The van der Waals surface area contributed by atoms with Crippen LogP contribution in [0.2, 0.25) is 0 Å². The molecule has 1 aromatic heterocycles. The Morgan fingerprint density at radius 3 is 2.47 bits per heavy atom. The minimum Gasteiger partial charge on any atom is -0.374 e. The molecule has 166 valence electrons. The number of carbonyl (C=O) groups is 2. The van der Waals surface area contributed by atoms with Gasteiger partial charge in [0.2, 0.25) is 5.91 Å². The summed E-state index contributed by atoms with van der Waals surface area (Å²) in [6.07, 6.45) is 2.33. The van der Waals surface area contributed by atoms with E-state index in [0.29, 0.717) is 25.1 Å². The fourth-order valence-corrected chi connectivity index (χ4v) is 3.16. The molecule has 0 fully saturated rings. The average molecular weight is 432 g/mol. The molecule has 0 aliphatic rings. The number of pyridine rings is 1. The molecule has 0 radical (unpaired) electrons. The summed E-state index contributed by atoms with van der Waals surface area (Å²) < 4.78 is 5.76. The highest BCUT2D eigenvalue weighted by molar-refractivity contribution is 5.97. The molecule has 0 saturated carbocycles. The first-order chi connectivity index (χ1) is 15.5. The number of nitrogens with zero attached hydrogens (tertiary/aromatic N) is 1. The zero-order chi connectivity index (χ0) is 22.8. The second-order valence-electron chi connectivity index (χ2n) is 7.69. The number of aromatic nitrogens is 1. The molecule has 3 rings (SSSR count). The van der Waals surface area contributed by atoms with E-state index in [1.807, 2.05) is 74.5 Å². The quantitative estimate of drug-likeness (QED) is 0.516. The average Bonchev–Trinajstić information content (AvgIpc) is 2.81. The molecular weight excluding hydrogens is 402 g/mol. The summed E-state index contributed by atoms with van der Waals surface area (Å²) in [6.45, 7) is 4.80. The Hall–Kier alpha value is -3.51. The minimum atomic E-state index is -0.809. The van der Waals surface area contributed by atoms with E-state index in [0.717, 1.165) is 22.4 Å². The Labute approximate surface area is 189 Å². The molecule has 6 heteroatoms. The molecule has 32 heavy (non-hydrogen) atoms. The van der Waals surface area contributed by atoms with Gasteiger partial charge in [0.25, 0.3) is 5.91 Å². The van der Waals surface area contributed by atoms with E-state index >= 15 is 0 Å². The van der Waals surface area contributed by atoms with Crippen molar-refractivity contribution in [2.24, 2.45) is 0 Å². The van der Waals surface area contributed by atoms with E-state index in [2.05, 4.69) is 15.6 Å². The van der Waals surface area contributed by atoms with Crippen LogP contribution in [0, 0.1) is 13.8 Å². The van der Waals surface area contributed by atoms with Crippen molar-refractivity contribution in [2.45, 2.75) is 32.9 Å². The van der Waals surface area contributed by atoms with E-state index < -0.39 is 6.04 Å². The van der Waals surface area contributed by atoms with Crippen LogP contribution in [0.4, 0.5) is 0 Å². The molecule has 3 aromatic rings. The molecule has 2 aromatic carbocycles. The van der Waals surface area contributed by atoms with Crippen LogP contribution in [-0.4, -0.2) is 36.0 Å². The molecule has 6 nitrogen and oxygen atoms in total. The van der Waals surface area contributed by atoms with Gasteiger partial charge in [-0.3, -0.25) is 14.6 Å². The number of aryl methyl sites for hydroxylation is 2. The maximum absolute atomic E-state index is 12.8. The Bertz CT molecular complexity index is 1020. The first-order valence-electron chi connectivity index (χ1n) is 10.7. The Morgan fingerprint density at radius 1 is 0.969 bits per heavy atom. The Morgan fingerprint density at radius 2 is 1.75 bits per heavy atom. The number of amides is 2. The van der Waals surface area contributed by atoms with Gasteiger partial charge in [-0.15, -0.1) is 0 Å². The van der Waals surface area contributed by atoms with Crippen molar-refractivity contribution < 1.29 is 14.3 Å². The van der Waals surface area contributed by atoms with Crippen LogP contribution in [0.3, 0.4) is 0 Å². The second-order valence-corrected chi connectivity index (χ2v) is 7.69. The lowest BCUT2D eigenvalue weighted by Crippen LogP contribution is -2.49. The van der Waals surface area contributed by atoms with Gasteiger partial charge in [0.1, 0.15) is 6.04 Å². The molecule has 0 spiro atoms. The van der Waals surface area contributed by atoms with Crippen molar-refractivity contribution >= 4 is 11.8 Å². The van der Waals surface area contributed by atoms with Crippen LogP contribution in [0.1, 0.15) is 32.7 Å². The largest absolute Gasteiger partial charge is 0.374 e. The molecule has 1 atom stereocenters. The van der Waals surface area contributed by atoms with Gasteiger partial charge in [-0.05, 0) is 54.8 Å². The lowest BCUT2D eigenvalue weighted by Gasteiger charge is -2.19. The van der Waals surface area contributed by atoms with Gasteiger partial charge in [-0.2, -0.15) is 0 Å². The topological polar surface area (TPSA) is 80.3 Å². The monoisotopic (exact) mass is 431 g/mol. The van der Waals surface area contributed by atoms with E-state index in [-0.39, 0.29) is 18.4 Å². The van der Waals surface area contributed by atoms with Crippen molar-refractivity contribution in [3.63, 3.8) is 0 Å². The molecule has 0 unspecified atom stereocenters. The zero-order valence-corrected chi connectivity index (χ0v) is 18.5. The van der Waals surface area contributed by atoms with E-state index in [9.17, 15) is 9.59 Å². The molecule has 0 aliphatic carbocycles. The number of benzene rings is 2. The maximum Gasteiger partial charge on any atom is 0.252 e. The summed E-state index contributed by atoms with van der Waals surface area (Å²) in [4.78, 5) is 29.9. The van der Waals surface area contributed by atoms with Crippen molar-refractivity contribution in [3.05, 3.63) is 101 Å². The van der Waals surface area contributed by atoms with E-state index in [4.69, 9.17) is 4.74 Å². The summed E-state index contributed by atoms with van der Waals surface area (Å²) in [5, 5.41) is 5.71. The molecule has 0 aliphatic heterocycles. The Kier molecular flexibility index (Phi) is 8.52. The third-order valence-electron chi connectivity index (χ3n) is 5.19. The summed E-state index contributed by atoms with van der Waals surface area (Å²) in [5.41, 5.74) is 4.54. The van der Waals surface area contributed by atoms with Gasteiger partial charge in [0.15, 0.2) is 0 Å². The predicted molar refractivity (Wildman–Crippen MR) is 124 cm³/mol. The normalized spacial score (nSPS) is 11.6. The maximum atomic E-state index is 12.8. The number of hydrogen-bond acceptors (Lipinski definition) is 4. The van der Waals surface area contributed by atoms with Gasteiger partial charge in [-0.25, -0.2) is 0 Å².